The molecule has 2 aromatic heterocycles. The number of anilines is 1. The molecule has 0 saturated heterocycles. The van der Waals surface area contributed by atoms with Gasteiger partial charge < -0.3 is 23.7 Å². The number of nitrogens with one attached hydrogen (secondary N) is 1. The van der Waals surface area contributed by atoms with Crippen LogP contribution in [0, 0.1) is 0 Å². The standard InChI is InChI=1S/C38H37N7O6S/c1-47-33-18-24-13-14-44(23-26(24)19-34(33)48-2)15-16-52-29-11-9-27(10-12-29)45-42-37(41-43-45)30-20-35(49-3)36(50-4)21-32(30)40-38(46)51-28-17-25-7-5-6-8-31(25)39-22-28/h5-12,17-22H,13-16,23H2,1-4H3,(H,40,46). The van der Waals surface area contributed by atoms with Gasteiger partial charge >= 0.3 is 6.09 Å². The first-order chi connectivity index (χ1) is 25.4. The van der Waals surface area contributed by atoms with Crippen molar-refractivity contribution in [2.45, 2.75) is 17.9 Å². The van der Waals surface area contributed by atoms with Gasteiger partial charge in [0.1, 0.15) is 0 Å². The van der Waals surface area contributed by atoms with Gasteiger partial charge in [0, 0.05) is 41.7 Å². The molecular weight excluding hydrogens is 683 g/mol. The van der Waals surface area contributed by atoms with Crippen LogP contribution in [0.1, 0.15) is 11.1 Å². The smallest absolute Gasteiger partial charge is 0.417 e. The second-order valence-corrected chi connectivity index (χ2v) is 13.0. The molecule has 0 aliphatic carbocycles. The maximum Gasteiger partial charge on any atom is 0.417 e. The predicted molar refractivity (Wildman–Crippen MR) is 198 cm³/mol. The zero-order chi connectivity index (χ0) is 36.0. The summed E-state index contributed by atoms with van der Waals surface area (Å²) in [5.41, 5.74) is 4.94. The molecule has 0 bridgehead atoms. The van der Waals surface area contributed by atoms with Crippen LogP contribution in [-0.4, -0.2) is 83.5 Å². The summed E-state index contributed by atoms with van der Waals surface area (Å²) in [4.78, 5) is 22.5. The lowest BCUT2D eigenvalue weighted by molar-refractivity contribution is 0.215. The molecule has 7 rings (SSSR count). The molecule has 266 valence electrons. The summed E-state index contributed by atoms with van der Waals surface area (Å²) in [6.45, 7) is 2.85. The fraction of sp³-hybridized carbons (Fsp3) is 0.237. The van der Waals surface area contributed by atoms with E-state index in [0.29, 0.717) is 28.5 Å². The number of amides is 1. The van der Waals surface area contributed by atoms with Crippen LogP contribution in [0.15, 0.2) is 90.0 Å². The fourth-order valence-electron chi connectivity index (χ4n) is 6.05. The largest absolute Gasteiger partial charge is 0.493 e. The summed E-state index contributed by atoms with van der Waals surface area (Å²) in [7, 11) is 6.38. The zero-order valence-corrected chi connectivity index (χ0v) is 30.0. The van der Waals surface area contributed by atoms with Crippen LogP contribution in [0.3, 0.4) is 0 Å². The number of aromatic nitrogens is 5. The molecule has 52 heavy (non-hydrogen) atoms. The Labute approximate surface area is 304 Å². The lowest BCUT2D eigenvalue weighted by Gasteiger charge is -2.29. The number of pyridine rings is 1. The Balaban J connectivity index is 1.01. The van der Waals surface area contributed by atoms with Gasteiger partial charge in [-0.15, -0.1) is 26.8 Å². The van der Waals surface area contributed by atoms with Crippen LogP contribution in [0.25, 0.3) is 28.0 Å². The van der Waals surface area contributed by atoms with E-state index < -0.39 is 6.09 Å². The van der Waals surface area contributed by atoms with E-state index >= 15 is 0 Å². The monoisotopic (exact) mass is 719 g/mol. The molecule has 0 atom stereocenters. The molecule has 0 saturated carbocycles. The van der Waals surface area contributed by atoms with Gasteiger partial charge in [0.05, 0.1) is 57.1 Å². The lowest BCUT2D eigenvalue weighted by Crippen LogP contribution is -2.32. The summed E-state index contributed by atoms with van der Waals surface area (Å²) in [6, 6.07) is 24.8. The third-order valence-corrected chi connectivity index (χ3v) is 9.72. The Morgan fingerprint density at radius 1 is 0.846 bits per heavy atom. The Morgan fingerprint density at radius 3 is 2.33 bits per heavy atom. The van der Waals surface area contributed by atoms with Gasteiger partial charge in [-0.25, -0.2) is 4.79 Å². The summed E-state index contributed by atoms with van der Waals surface area (Å²) in [5.74, 6) is 3.89. The number of nitrogens with zero attached hydrogens (tertiary/aromatic N) is 6. The van der Waals surface area contributed by atoms with Gasteiger partial charge in [0.25, 0.3) is 0 Å². The minimum absolute atomic E-state index is 0.265. The number of tetrazole rings is 1. The molecule has 13 nitrogen and oxygen atoms in total. The number of carbonyl (C=O) groups excluding carboxylic acids is 1. The van der Waals surface area contributed by atoms with E-state index in [4.69, 9.17) is 23.7 Å². The number of thioether (sulfide) groups is 1. The minimum Gasteiger partial charge on any atom is -0.493 e. The summed E-state index contributed by atoms with van der Waals surface area (Å²) >= 11 is 1.80. The number of hydrogen-bond donors (Lipinski definition) is 1. The Hall–Kier alpha value is -5.86. The maximum absolute atomic E-state index is 13.1. The molecule has 6 aromatic rings. The first-order valence-electron chi connectivity index (χ1n) is 16.5. The van der Waals surface area contributed by atoms with E-state index in [0.717, 1.165) is 64.8 Å². The van der Waals surface area contributed by atoms with Crippen molar-refractivity contribution in [3.8, 4) is 45.8 Å². The van der Waals surface area contributed by atoms with Crippen molar-refractivity contribution < 1.29 is 28.5 Å². The highest BCUT2D eigenvalue weighted by atomic mass is 32.2. The average molecular weight is 720 g/mol. The highest BCUT2D eigenvalue weighted by Crippen LogP contribution is 2.38. The van der Waals surface area contributed by atoms with Crippen LogP contribution in [0.2, 0.25) is 0 Å². The Kier molecular flexibility index (Phi) is 10.4. The van der Waals surface area contributed by atoms with E-state index in [-0.39, 0.29) is 5.82 Å². The van der Waals surface area contributed by atoms with Crippen LogP contribution < -0.4 is 29.0 Å². The molecule has 4 aromatic carbocycles. The van der Waals surface area contributed by atoms with Crippen molar-refractivity contribution in [3.63, 3.8) is 0 Å². The summed E-state index contributed by atoms with van der Waals surface area (Å²) < 4.78 is 27.6. The first kappa shape index (κ1) is 34.6. The molecule has 0 radical (unpaired) electrons. The van der Waals surface area contributed by atoms with Crippen molar-refractivity contribution in [1.29, 1.82) is 0 Å². The average Bonchev–Trinajstić information content (AvgIpc) is 3.67. The molecule has 14 heteroatoms. The molecule has 0 fully saturated rings. The van der Waals surface area contributed by atoms with Crippen molar-refractivity contribution in [3.05, 3.63) is 96.2 Å². The zero-order valence-electron chi connectivity index (χ0n) is 29.2. The van der Waals surface area contributed by atoms with E-state index in [1.54, 1.807) is 44.2 Å². The SMILES string of the molecule is COc1cc2c(cc1OC)CN(CCSc1ccc(-n3nnc(-c4cc(OC)c(OC)cc4NC(=O)Oc4cnc5ccccc5c4)n3)cc1)CC2. The molecule has 0 spiro atoms. The number of benzene rings is 4. The van der Waals surface area contributed by atoms with Gasteiger partial charge in [-0.3, -0.25) is 15.2 Å². The number of para-hydroxylation sites is 1. The van der Waals surface area contributed by atoms with E-state index in [9.17, 15) is 4.79 Å². The van der Waals surface area contributed by atoms with E-state index in [2.05, 4.69) is 42.7 Å². The normalized spacial score (nSPS) is 12.6. The molecule has 1 amide bonds. The Morgan fingerprint density at radius 2 is 1.56 bits per heavy atom. The number of carbonyl (C=O) groups is 1. The van der Waals surface area contributed by atoms with Crippen LogP contribution in [-0.2, 0) is 13.0 Å². The van der Waals surface area contributed by atoms with Crippen molar-refractivity contribution in [2.24, 2.45) is 0 Å². The second kappa shape index (κ2) is 15.6. The number of ether oxygens (including phenoxy) is 5. The molecule has 1 aliphatic rings. The van der Waals surface area contributed by atoms with Crippen LogP contribution >= 0.6 is 11.8 Å². The van der Waals surface area contributed by atoms with Crippen LogP contribution in [0.4, 0.5) is 10.5 Å². The molecule has 0 unspecified atom stereocenters. The third kappa shape index (κ3) is 7.57. The first-order valence-corrected chi connectivity index (χ1v) is 17.5. The van der Waals surface area contributed by atoms with Crippen molar-refractivity contribution in [2.75, 3.05) is 52.6 Å². The minimum atomic E-state index is -0.725. The number of methoxy groups -OCH3 is 4. The van der Waals surface area contributed by atoms with Gasteiger partial charge in [0.15, 0.2) is 28.7 Å². The quantitative estimate of drug-likeness (QED) is 0.135. The number of hydrogen-bond acceptors (Lipinski definition) is 12. The van der Waals surface area contributed by atoms with Gasteiger partial charge in [-0.2, -0.15) is 0 Å². The molecule has 3 heterocycles. The highest BCUT2D eigenvalue weighted by Gasteiger charge is 2.21. The van der Waals surface area contributed by atoms with Crippen molar-refractivity contribution in [1.82, 2.24) is 30.1 Å². The Bertz CT molecular complexity index is 2210. The molecular formula is C38H37N7O6S. The van der Waals surface area contributed by atoms with Gasteiger partial charge in [-0.1, -0.05) is 18.2 Å². The lowest BCUT2D eigenvalue weighted by atomic mass is 9.99. The van der Waals surface area contributed by atoms with Gasteiger partial charge in [0.2, 0.25) is 5.82 Å². The predicted octanol–water partition coefficient (Wildman–Crippen LogP) is 6.67. The number of fused-ring (bicyclic) bond motifs is 2. The highest BCUT2D eigenvalue weighted by molar-refractivity contribution is 7.99. The van der Waals surface area contributed by atoms with E-state index in [1.165, 1.54) is 36.3 Å². The fourth-order valence-corrected chi connectivity index (χ4v) is 6.96. The number of rotatable bonds is 12. The summed E-state index contributed by atoms with van der Waals surface area (Å²) in [6.07, 6.45) is 1.76. The summed E-state index contributed by atoms with van der Waals surface area (Å²) in [5, 5.41) is 16.9. The van der Waals surface area contributed by atoms with Gasteiger partial charge in [-0.05, 0) is 77.4 Å². The third-order valence-electron chi connectivity index (χ3n) is 8.73. The molecule has 1 aliphatic heterocycles. The topological polar surface area (TPSA) is 135 Å². The van der Waals surface area contributed by atoms with Crippen LogP contribution in [0.5, 0.6) is 28.7 Å². The van der Waals surface area contributed by atoms with Crippen molar-refractivity contribution >= 4 is 34.4 Å². The maximum atomic E-state index is 13.1. The molecule has 1 N–H and O–H groups in total. The second-order valence-electron chi connectivity index (χ2n) is 11.9. The van der Waals surface area contributed by atoms with E-state index in [1.807, 2.05) is 48.5 Å².